The molecule has 8 heteroatoms. The van der Waals surface area contributed by atoms with Crippen LogP contribution in [0.25, 0.3) is 0 Å². The SMILES string of the molecule is Cl.Cl.N[C@@H](Cc1cnc(CF)[nH]1)C(=O)O. The summed E-state index contributed by atoms with van der Waals surface area (Å²) in [5, 5.41) is 8.47. The molecule has 1 rings (SSSR count). The van der Waals surface area contributed by atoms with Crippen molar-refractivity contribution in [1.29, 1.82) is 0 Å². The van der Waals surface area contributed by atoms with E-state index in [1.807, 2.05) is 0 Å². The fraction of sp³-hybridized carbons (Fsp3) is 0.429. The molecule has 0 saturated heterocycles. The third kappa shape index (κ3) is 4.96. The molecule has 1 aromatic heterocycles. The average Bonchev–Trinajstić information content (AvgIpc) is 2.52. The van der Waals surface area contributed by atoms with Crippen LogP contribution in [0.1, 0.15) is 11.5 Å². The molecule has 0 aromatic carbocycles. The number of nitrogens with one attached hydrogen (secondary N) is 1. The van der Waals surface area contributed by atoms with E-state index in [4.69, 9.17) is 10.8 Å². The molecule has 15 heavy (non-hydrogen) atoms. The van der Waals surface area contributed by atoms with Gasteiger partial charge >= 0.3 is 5.97 Å². The smallest absolute Gasteiger partial charge is 0.320 e. The molecule has 0 aliphatic heterocycles. The van der Waals surface area contributed by atoms with E-state index in [9.17, 15) is 9.18 Å². The minimum atomic E-state index is -1.09. The number of hydrogen-bond donors (Lipinski definition) is 3. The second-order valence-electron chi connectivity index (χ2n) is 2.64. The Morgan fingerprint density at radius 3 is 2.67 bits per heavy atom. The highest BCUT2D eigenvalue weighted by Gasteiger charge is 2.13. The zero-order chi connectivity index (χ0) is 9.84. The van der Waals surface area contributed by atoms with E-state index in [-0.39, 0.29) is 37.1 Å². The molecule has 0 radical (unpaired) electrons. The lowest BCUT2D eigenvalue weighted by Gasteiger charge is -2.02. The summed E-state index contributed by atoms with van der Waals surface area (Å²) >= 11 is 0. The Morgan fingerprint density at radius 2 is 2.27 bits per heavy atom. The number of imidazole rings is 1. The highest BCUT2D eigenvalue weighted by molar-refractivity contribution is 5.85. The quantitative estimate of drug-likeness (QED) is 0.742. The Bertz CT molecular complexity index is 308. The molecule has 0 fully saturated rings. The number of H-pyrrole nitrogens is 1. The largest absolute Gasteiger partial charge is 0.480 e. The van der Waals surface area contributed by atoms with E-state index >= 15 is 0 Å². The summed E-state index contributed by atoms with van der Waals surface area (Å²) in [6.45, 7) is -0.692. The number of aromatic amines is 1. The van der Waals surface area contributed by atoms with Gasteiger partial charge in [-0.05, 0) is 0 Å². The van der Waals surface area contributed by atoms with E-state index in [1.165, 1.54) is 6.20 Å². The van der Waals surface area contributed by atoms with Crippen molar-refractivity contribution >= 4 is 30.8 Å². The lowest BCUT2D eigenvalue weighted by atomic mass is 10.2. The lowest BCUT2D eigenvalue weighted by Crippen LogP contribution is -2.32. The zero-order valence-electron chi connectivity index (χ0n) is 7.64. The zero-order valence-corrected chi connectivity index (χ0v) is 9.28. The Hall–Kier alpha value is -0.850. The number of aromatic nitrogens is 2. The first kappa shape index (κ1) is 16.6. The van der Waals surface area contributed by atoms with Crippen LogP contribution in [0, 0.1) is 0 Å². The summed E-state index contributed by atoms with van der Waals surface area (Å²) in [5.41, 5.74) is 5.79. The fourth-order valence-electron chi connectivity index (χ4n) is 0.902. The van der Waals surface area contributed by atoms with Crippen molar-refractivity contribution in [3.05, 3.63) is 17.7 Å². The van der Waals surface area contributed by atoms with Gasteiger partial charge in [-0.1, -0.05) is 0 Å². The van der Waals surface area contributed by atoms with Crippen molar-refractivity contribution in [2.24, 2.45) is 5.73 Å². The first-order chi connectivity index (χ1) is 6.13. The number of carboxylic acids is 1. The number of carboxylic acid groups (broad SMARTS) is 1. The van der Waals surface area contributed by atoms with Gasteiger partial charge in [-0.2, -0.15) is 0 Å². The third-order valence-electron chi connectivity index (χ3n) is 1.56. The van der Waals surface area contributed by atoms with Crippen LogP contribution in [-0.4, -0.2) is 27.1 Å². The molecule has 1 heterocycles. The van der Waals surface area contributed by atoms with Gasteiger partial charge < -0.3 is 15.8 Å². The van der Waals surface area contributed by atoms with Crippen LogP contribution in [0.4, 0.5) is 4.39 Å². The number of nitrogens with two attached hydrogens (primary N) is 1. The predicted molar refractivity (Wildman–Crippen MR) is 57.2 cm³/mol. The molecule has 0 unspecified atom stereocenters. The monoisotopic (exact) mass is 259 g/mol. The highest BCUT2D eigenvalue weighted by Crippen LogP contribution is 2.01. The van der Waals surface area contributed by atoms with Crippen LogP contribution in [0.3, 0.4) is 0 Å². The van der Waals surface area contributed by atoms with Gasteiger partial charge in [0, 0.05) is 18.3 Å². The normalized spacial score (nSPS) is 11.1. The van der Waals surface area contributed by atoms with Crippen LogP contribution >= 0.6 is 24.8 Å². The van der Waals surface area contributed by atoms with Crippen molar-refractivity contribution < 1.29 is 14.3 Å². The molecule has 88 valence electrons. The number of hydrogen-bond acceptors (Lipinski definition) is 3. The lowest BCUT2D eigenvalue weighted by molar-refractivity contribution is -0.138. The molecule has 0 aliphatic rings. The number of carbonyl (C=O) groups is 1. The minimum Gasteiger partial charge on any atom is -0.480 e. The maximum atomic E-state index is 12.0. The van der Waals surface area contributed by atoms with Crippen molar-refractivity contribution in [3.63, 3.8) is 0 Å². The first-order valence-corrected chi connectivity index (χ1v) is 3.70. The van der Waals surface area contributed by atoms with Crippen LogP contribution in [0.15, 0.2) is 6.20 Å². The predicted octanol–water partition coefficient (Wildman–Crippen LogP) is 0.677. The topological polar surface area (TPSA) is 92.0 Å². The highest BCUT2D eigenvalue weighted by atomic mass is 35.5. The molecule has 0 bridgehead atoms. The Balaban J connectivity index is 0. The molecular formula is C7H12Cl2FN3O2. The number of rotatable bonds is 4. The van der Waals surface area contributed by atoms with Gasteiger partial charge in [-0.3, -0.25) is 4.79 Å². The molecule has 0 amide bonds. The van der Waals surface area contributed by atoms with E-state index in [0.29, 0.717) is 5.69 Å². The van der Waals surface area contributed by atoms with Crippen molar-refractivity contribution in [3.8, 4) is 0 Å². The number of nitrogens with zero attached hydrogens (tertiary/aromatic N) is 1. The Labute approximate surface area is 98.1 Å². The summed E-state index contributed by atoms with van der Waals surface area (Å²) in [7, 11) is 0. The molecule has 1 aromatic rings. The van der Waals surface area contributed by atoms with Crippen LogP contribution in [0.5, 0.6) is 0 Å². The summed E-state index contributed by atoms with van der Waals surface area (Å²) < 4.78 is 12.0. The summed E-state index contributed by atoms with van der Waals surface area (Å²) in [6, 6.07) is -0.979. The Kier molecular flexibility index (Phi) is 8.22. The molecule has 0 spiro atoms. The maximum Gasteiger partial charge on any atom is 0.320 e. The van der Waals surface area contributed by atoms with Crippen molar-refractivity contribution in [2.75, 3.05) is 0 Å². The molecule has 4 N–H and O–H groups in total. The Morgan fingerprint density at radius 1 is 1.67 bits per heavy atom. The fourth-order valence-corrected chi connectivity index (χ4v) is 0.902. The molecular weight excluding hydrogens is 248 g/mol. The minimum absolute atomic E-state index is 0. The van der Waals surface area contributed by atoms with Gasteiger partial charge in [-0.25, -0.2) is 9.37 Å². The van der Waals surface area contributed by atoms with E-state index in [2.05, 4.69) is 9.97 Å². The summed E-state index contributed by atoms with van der Waals surface area (Å²) in [5.74, 6) is -0.899. The standard InChI is InChI=1S/C7H10FN3O2.2ClH/c8-2-6-10-3-4(11-6)1-5(9)7(12)13;;/h3,5H,1-2,9H2,(H,10,11)(H,12,13);2*1H/t5-;;/m0../s1. The number of alkyl halides is 1. The maximum absolute atomic E-state index is 12.0. The molecule has 0 aliphatic carbocycles. The third-order valence-corrected chi connectivity index (χ3v) is 1.56. The van der Waals surface area contributed by atoms with Gasteiger partial charge in [0.2, 0.25) is 0 Å². The number of halogens is 3. The van der Waals surface area contributed by atoms with Gasteiger partial charge in [0.1, 0.15) is 18.5 Å². The molecule has 5 nitrogen and oxygen atoms in total. The first-order valence-electron chi connectivity index (χ1n) is 3.70. The van der Waals surface area contributed by atoms with E-state index in [1.54, 1.807) is 0 Å². The van der Waals surface area contributed by atoms with Gasteiger partial charge in [0.05, 0.1) is 0 Å². The van der Waals surface area contributed by atoms with Crippen LogP contribution < -0.4 is 5.73 Å². The van der Waals surface area contributed by atoms with Crippen LogP contribution in [-0.2, 0) is 17.9 Å². The molecule has 1 atom stereocenters. The number of aliphatic carboxylic acids is 1. The summed E-state index contributed by atoms with van der Waals surface area (Å²) in [6.07, 6.45) is 1.51. The van der Waals surface area contributed by atoms with Gasteiger partial charge in [0.25, 0.3) is 0 Å². The van der Waals surface area contributed by atoms with Gasteiger partial charge in [-0.15, -0.1) is 24.8 Å². The van der Waals surface area contributed by atoms with Crippen molar-refractivity contribution in [2.45, 2.75) is 19.1 Å². The second-order valence-corrected chi connectivity index (χ2v) is 2.64. The van der Waals surface area contributed by atoms with Crippen LogP contribution in [0.2, 0.25) is 0 Å². The molecule has 0 saturated carbocycles. The van der Waals surface area contributed by atoms with Crippen molar-refractivity contribution in [1.82, 2.24) is 9.97 Å². The second kappa shape index (κ2) is 7.44. The van der Waals surface area contributed by atoms with E-state index in [0.717, 1.165) is 0 Å². The van der Waals surface area contributed by atoms with E-state index < -0.39 is 18.7 Å². The average molecular weight is 260 g/mol. The van der Waals surface area contributed by atoms with Gasteiger partial charge in [0.15, 0.2) is 0 Å². The summed E-state index contributed by atoms with van der Waals surface area (Å²) in [4.78, 5) is 16.6.